The number of fused-ring (bicyclic) bond motifs is 2. The summed E-state index contributed by atoms with van der Waals surface area (Å²) in [6, 6.07) is 4.28. The second-order valence-corrected chi connectivity index (χ2v) is 6.53. The molecule has 110 valence electrons. The lowest BCUT2D eigenvalue weighted by atomic mass is 9.72. The van der Waals surface area contributed by atoms with Crippen LogP contribution >= 0.6 is 0 Å². The van der Waals surface area contributed by atoms with Crippen molar-refractivity contribution in [3.8, 4) is 11.5 Å². The normalized spacial score (nSPS) is 35.4. The van der Waals surface area contributed by atoms with Gasteiger partial charge in [-0.3, -0.25) is 0 Å². The van der Waals surface area contributed by atoms with Crippen molar-refractivity contribution in [3.63, 3.8) is 0 Å². The van der Waals surface area contributed by atoms with Crippen LogP contribution in [0.15, 0.2) is 12.1 Å². The highest BCUT2D eigenvalue weighted by atomic mass is 16.5. The van der Waals surface area contributed by atoms with Gasteiger partial charge in [-0.2, -0.15) is 0 Å². The SMILES string of the molecule is COc1cc(C)cc([C@]23CC[C@](C)(OC2)C3C)c1OC. The standard InChI is InChI=1S/C17H24O3/c1-11-8-13(15(19-5)14(9-11)18-4)17-7-6-16(3,12(17)2)20-10-17/h8-9,12H,6-7,10H2,1-5H3/t12?,16-,17+/m0/s1. The molecule has 1 saturated carbocycles. The molecule has 2 bridgehead atoms. The number of benzene rings is 1. The number of methoxy groups -OCH3 is 2. The molecule has 0 amide bonds. The summed E-state index contributed by atoms with van der Waals surface area (Å²) in [5.74, 6) is 2.19. The highest BCUT2D eigenvalue weighted by Crippen LogP contribution is 2.60. The fraction of sp³-hybridized carbons (Fsp3) is 0.647. The summed E-state index contributed by atoms with van der Waals surface area (Å²) in [7, 11) is 3.42. The fourth-order valence-electron chi connectivity index (χ4n) is 4.09. The molecule has 1 unspecified atom stereocenters. The van der Waals surface area contributed by atoms with Crippen LogP contribution in [0.25, 0.3) is 0 Å². The molecule has 1 saturated heterocycles. The highest BCUT2D eigenvalue weighted by molar-refractivity contribution is 5.54. The molecule has 1 aliphatic heterocycles. The maximum atomic E-state index is 6.13. The van der Waals surface area contributed by atoms with Gasteiger partial charge >= 0.3 is 0 Å². The van der Waals surface area contributed by atoms with Crippen molar-refractivity contribution in [2.75, 3.05) is 20.8 Å². The number of aryl methyl sites for hydroxylation is 1. The summed E-state index contributed by atoms with van der Waals surface area (Å²) in [5, 5.41) is 0. The molecule has 1 heterocycles. The van der Waals surface area contributed by atoms with E-state index in [1.54, 1.807) is 14.2 Å². The Balaban J connectivity index is 2.18. The first kappa shape index (κ1) is 13.7. The van der Waals surface area contributed by atoms with E-state index in [9.17, 15) is 0 Å². The summed E-state index contributed by atoms with van der Waals surface area (Å²) in [6.45, 7) is 7.45. The first-order valence-corrected chi connectivity index (χ1v) is 7.34. The molecule has 0 N–H and O–H groups in total. The average Bonchev–Trinajstić information content (AvgIpc) is 2.85. The number of hydrogen-bond donors (Lipinski definition) is 0. The van der Waals surface area contributed by atoms with Crippen LogP contribution in [0, 0.1) is 12.8 Å². The van der Waals surface area contributed by atoms with Gasteiger partial charge in [-0.15, -0.1) is 0 Å². The summed E-state index contributed by atoms with van der Waals surface area (Å²) in [5.41, 5.74) is 2.55. The zero-order valence-electron chi connectivity index (χ0n) is 13.1. The Bertz CT molecular complexity index is 527. The maximum absolute atomic E-state index is 6.13. The Hall–Kier alpha value is -1.22. The molecule has 2 aliphatic rings. The molecule has 1 aromatic carbocycles. The molecule has 3 heteroatoms. The van der Waals surface area contributed by atoms with Crippen molar-refractivity contribution in [2.24, 2.45) is 5.92 Å². The first-order valence-electron chi connectivity index (χ1n) is 7.34. The van der Waals surface area contributed by atoms with E-state index in [0.717, 1.165) is 30.9 Å². The monoisotopic (exact) mass is 276 g/mol. The Morgan fingerprint density at radius 3 is 2.40 bits per heavy atom. The highest BCUT2D eigenvalue weighted by Gasteiger charge is 2.60. The van der Waals surface area contributed by atoms with E-state index in [1.165, 1.54) is 11.1 Å². The van der Waals surface area contributed by atoms with Crippen LogP contribution < -0.4 is 9.47 Å². The molecule has 0 aromatic heterocycles. The lowest BCUT2D eigenvalue weighted by Crippen LogP contribution is -2.31. The van der Waals surface area contributed by atoms with Gasteiger partial charge < -0.3 is 14.2 Å². The Kier molecular flexibility index (Phi) is 3.02. The van der Waals surface area contributed by atoms with Gasteiger partial charge in [0.05, 0.1) is 26.4 Å². The Morgan fingerprint density at radius 1 is 1.20 bits per heavy atom. The Labute approximate surface area is 121 Å². The number of rotatable bonds is 3. The number of hydrogen-bond acceptors (Lipinski definition) is 3. The van der Waals surface area contributed by atoms with Crippen LogP contribution in [0.2, 0.25) is 0 Å². The molecule has 20 heavy (non-hydrogen) atoms. The third-order valence-corrected chi connectivity index (χ3v) is 5.63. The molecule has 0 radical (unpaired) electrons. The van der Waals surface area contributed by atoms with Crippen LogP contribution in [0.1, 0.15) is 37.8 Å². The van der Waals surface area contributed by atoms with Gasteiger partial charge in [0, 0.05) is 11.0 Å². The zero-order chi connectivity index (χ0) is 14.5. The van der Waals surface area contributed by atoms with Gasteiger partial charge in [-0.25, -0.2) is 0 Å². The molecule has 0 spiro atoms. The molecule has 1 aromatic rings. The van der Waals surface area contributed by atoms with Gasteiger partial charge in [-0.05, 0) is 44.2 Å². The first-order chi connectivity index (χ1) is 9.47. The Morgan fingerprint density at radius 2 is 1.95 bits per heavy atom. The van der Waals surface area contributed by atoms with E-state index in [1.807, 2.05) is 6.07 Å². The van der Waals surface area contributed by atoms with Crippen molar-refractivity contribution in [1.29, 1.82) is 0 Å². The molecule has 2 fully saturated rings. The van der Waals surface area contributed by atoms with Crippen molar-refractivity contribution in [1.82, 2.24) is 0 Å². The second kappa shape index (κ2) is 4.39. The minimum absolute atomic E-state index is 0.0159. The summed E-state index contributed by atoms with van der Waals surface area (Å²) in [4.78, 5) is 0. The van der Waals surface area contributed by atoms with E-state index in [-0.39, 0.29) is 11.0 Å². The summed E-state index contributed by atoms with van der Waals surface area (Å²) in [6.07, 6.45) is 2.28. The van der Waals surface area contributed by atoms with E-state index in [2.05, 4.69) is 26.8 Å². The molecule has 1 aliphatic carbocycles. The molecule has 3 rings (SSSR count). The second-order valence-electron chi connectivity index (χ2n) is 6.53. The topological polar surface area (TPSA) is 27.7 Å². The summed E-state index contributed by atoms with van der Waals surface area (Å²) < 4.78 is 17.3. The molecular weight excluding hydrogens is 252 g/mol. The minimum atomic E-state index is 0.0159. The third kappa shape index (κ3) is 1.62. The van der Waals surface area contributed by atoms with Crippen LogP contribution in [-0.4, -0.2) is 26.4 Å². The van der Waals surface area contributed by atoms with Gasteiger partial charge in [-0.1, -0.05) is 13.0 Å². The summed E-state index contributed by atoms with van der Waals surface area (Å²) >= 11 is 0. The number of ether oxygens (including phenoxy) is 3. The quantitative estimate of drug-likeness (QED) is 0.846. The van der Waals surface area contributed by atoms with Crippen molar-refractivity contribution < 1.29 is 14.2 Å². The van der Waals surface area contributed by atoms with Crippen molar-refractivity contribution >= 4 is 0 Å². The van der Waals surface area contributed by atoms with Gasteiger partial charge in [0.2, 0.25) is 0 Å². The van der Waals surface area contributed by atoms with E-state index in [0.29, 0.717) is 5.92 Å². The van der Waals surface area contributed by atoms with Gasteiger partial charge in [0.1, 0.15) is 0 Å². The largest absolute Gasteiger partial charge is 0.493 e. The predicted molar refractivity (Wildman–Crippen MR) is 78.7 cm³/mol. The predicted octanol–water partition coefficient (Wildman–Crippen LogP) is 3.47. The fourth-order valence-corrected chi connectivity index (χ4v) is 4.09. The molecule has 3 nitrogen and oxygen atoms in total. The lowest BCUT2D eigenvalue weighted by molar-refractivity contribution is -0.0164. The van der Waals surface area contributed by atoms with Crippen LogP contribution in [0.3, 0.4) is 0 Å². The molecule has 3 atom stereocenters. The van der Waals surface area contributed by atoms with E-state index < -0.39 is 0 Å². The van der Waals surface area contributed by atoms with Crippen LogP contribution in [-0.2, 0) is 10.2 Å². The van der Waals surface area contributed by atoms with Crippen LogP contribution in [0.5, 0.6) is 11.5 Å². The lowest BCUT2D eigenvalue weighted by Gasteiger charge is -2.31. The maximum Gasteiger partial charge on any atom is 0.164 e. The van der Waals surface area contributed by atoms with Crippen molar-refractivity contribution in [3.05, 3.63) is 23.3 Å². The van der Waals surface area contributed by atoms with Crippen LogP contribution in [0.4, 0.5) is 0 Å². The zero-order valence-corrected chi connectivity index (χ0v) is 13.1. The minimum Gasteiger partial charge on any atom is -0.493 e. The van der Waals surface area contributed by atoms with Crippen molar-refractivity contribution in [2.45, 2.75) is 44.6 Å². The van der Waals surface area contributed by atoms with Gasteiger partial charge in [0.15, 0.2) is 11.5 Å². The van der Waals surface area contributed by atoms with Gasteiger partial charge in [0.25, 0.3) is 0 Å². The molecular formula is C17H24O3. The van der Waals surface area contributed by atoms with E-state index >= 15 is 0 Å². The third-order valence-electron chi connectivity index (χ3n) is 5.63. The van der Waals surface area contributed by atoms with E-state index in [4.69, 9.17) is 14.2 Å². The average molecular weight is 276 g/mol. The smallest absolute Gasteiger partial charge is 0.164 e.